The number of carbonyl (C=O) groups excluding carboxylic acids is 2. The van der Waals surface area contributed by atoms with Gasteiger partial charge in [-0.2, -0.15) is 0 Å². The number of hydrogen-bond donors (Lipinski definition) is 2. The molecule has 0 unspecified atom stereocenters. The lowest BCUT2D eigenvalue weighted by molar-refractivity contribution is -0.139. The second-order valence-corrected chi connectivity index (χ2v) is 12.3. The standard InChI is InChI=1S/C29H50N6O4.2ClH/c1-20(2)19-35(22-15-21(16-30-17-22)26(36)34-12-9-23(39-7)10-13-34)27(37)24-18-32-28(29(3,4)5)33-25(24)31-11-8-14-38-6;;/h18,20-23,30H,8-17,19H2,1-7H3,(H,31,32,33);2*1H/t21-,22+;;/m1../s1. The van der Waals surface area contributed by atoms with Gasteiger partial charge in [0.2, 0.25) is 5.91 Å². The predicted octanol–water partition coefficient (Wildman–Crippen LogP) is 3.78. The third-order valence-electron chi connectivity index (χ3n) is 7.53. The third-order valence-corrected chi connectivity index (χ3v) is 7.53. The molecule has 2 fully saturated rings. The smallest absolute Gasteiger partial charge is 0.259 e. The highest BCUT2D eigenvalue weighted by molar-refractivity contribution is 5.98. The molecule has 2 atom stereocenters. The van der Waals surface area contributed by atoms with Crippen LogP contribution in [0.4, 0.5) is 5.82 Å². The van der Waals surface area contributed by atoms with Gasteiger partial charge >= 0.3 is 0 Å². The number of rotatable bonds is 11. The summed E-state index contributed by atoms with van der Waals surface area (Å²) in [4.78, 5) is 40.9. The van der Waals surface area contributed by atoms with Crippen molar-refractivity contribution in [1.82, 2.24) is 25.1 Å². The topological polar surface area (TPSA) is 109 Å². The average Bonchev–Trinajstić information content (AvgIpc) is 2.92. The van der Waals surface area contributed by atoms with E-state index in [1.54, 1.807) is 20.4 Å². The number of nitrogens with zero attached hydrogens (tertiary/aromatic N) is 4. The zero-order valence-corrected chi connectivity index (χ0v) is 27.5. The molecule has 1 aromatic rings. The molecule has 12 heteroatoms. The first-order chi connectivity index (χ1) is 18.5. The van der Waals surface area contributed by atoms with Crippen LogP contribution in [0.3, 0.4) is 0 Å². The summed E-state index contributed by atoms with van der Waals surface area (Å²) in [5.41, 5.74) is 0.219. The monoisotopic (exact) mass is 618 g/mol. The molecule has 2 amide bonds. The van der Waals surface area contributed by atoms with Gasteiger partial charge in [0, 0.05) is 77.7 Å². The molecule has 0 spiro atoms. The van der Waals surface area contributed by atoms with Crippen LogP contribution < -0.4 is 10.6 Å². The summed E-state index contributed by atoms with van der Waals surface area (Å²) < 4.78 is 10.7. The zero-order valence-electron chi connectivity index (χ0n) is 25.9. The summed E-state index contributed by atoms with van der Waals surface area (Å²) in [5, 5.41) is 6.82. The Kier molecular flexibility index (Phi) is 15.8. The maximum absolute atomic E-state index is 14.1. The van der Waals surface area contributed by atoms with E-state index in [-0.39, 0.29) is 66.0 Å². The molecule has 1 aromatic heterocycles. The maximum atomic E-state index is 14.1. The lowest BCUT2D eigenvalue weighted by Crippen LogP contribution is -2.55. The van der Waals surface area contributed by atoms with Gasteiger partial charge in [-0.1, -0.05) is 34.6 Å². The minimum atomic E-state index is -0.249. The Morgan fingerprint density at radius 3 is 2.44 bits per heavy atom. The molecule has 3 heterocycles. The van der Waals surface area contributed by atoms with Crippen molar-refractivity contribution in [2.45, 2.75) is 77.9 Å². The summed E-state index contributed by atoms with van der Waals surface area (Å²) >= 11 is 0. The van der Waals surface area contributed by atoms with E-state index in [0.29, 0.717) is 56.4 Å². The number of halogens is 2. The number of aromatic nitrogens is 2. The van der Waals surface area contributed by atoms with Crippen molar-refractivity contribution >= 4 is 42.4 Å². The van der Waals surface area contributed by atoms with E-state index < -0.39 is 0 Å². The Labute approximate surface area is 258 Å². The number of methoxy groups -OCH3 is 2. The van der Waals surface area contributed by atoms with E-state index in [1.165, 1.54) is 0 Å². The quantitative estimate of drug-likeness (QED) is 0.361. The first-order valence-corrected chi connectivity index (χ1v) is 14.5. The second-order valence-electron chi connectivity index (χ2n) is 12.3. The van der Waals surface area contributed by atoms with Crippen molar-refractivity contribution in [1.29, 1.82) is 0 Å². The molecular formula is C29H52Cl2N6O4. The Morgan fingerprint density at radius 1 is 1.17 bits per heavy atom. The van der Waals surface area contributed by atoms with Gasteiger partial charge in [-0.15, -0.1) is 24.8 Å². The number of carbonyl (C=O) groups is 2. The largest absolute Gasteiger partial charge is 0.385 e. The number of ether oxygens (including phenoxy) is 2. The minimum Gasteiger partial charge on any atom is -0.385 e. The summed E-state index contributed by atoms with van der Waals surface area (Å²) in [6.07, 6.45) is 5.08. The molecule has 10 nitrogen and oxygen atoms in total. The molecule has 0 bridgehead atoms. The lowest BCUT2D eigenvalue weighted by Gasteiger charge is -2.40. The van der Waals surface area contributed by atoms with E-state index in [1.807, 2.05) is 9.80 Å². The number of nitrogens with one attached hydrogen (secondary N) is 2. The maximum Gasteiger partial charge on any atom is 0.259 e. The fourth-order valence-corrected chi connectivity index (χ4v) is 5.32. The fourth-order valence-electron chi connectivity index (χ4n) is 5.32. The molecular weight excluding hydrogens is 567 g/mol. The molecule has 2 N–H and O–H groups in total. The van der Waals surface area contributed by atoms with Gasteiger partial charge in [0.05, 0.1) is 12.0 Å². The number of anilines is 1. The van der Waals surface area contributed by atoms with Crippen LogP contribution in [0.25, 0.3) is 0 Å². The van der Waals surface area contributed by atoms with E-state index in [4.69, 9.17) is 14.5 Å². The van der Waals surface area contributed by atoms with E-state index in [9.17, 15) is 9.59 Å². The average molecular weight is 620 g/mol. The predicted molar refractivity (Wildman–Crippen MR) is 167 cm³/mol. The normalized spacial score (nSPS) is 19.8. The molecule has 2 saturated heterocycles. The highest BCUT2D eigenvalue weighted by Gasteiger charge is 2.37. The van der Waals surface area contributed by atoms with Crippen LogP contribution in [0.5, 0.6) is 0 Å². The highest BCUT2D eigenvalue weighted by Crippen LogP contribution is 2.26. The molecule has 41 heavy (non-hydrogen) atoms. The van der Waals surface area contributed by atoms with Crippen LogP contribution in [0.1, 0.15) is 76.5 Å². The summed E-state index contributed by atoms with van der Waals surface area (Å²) in [6, 6.07) is -0.0947. The van der Waals surface area contributed by atoms with E-state index in [2.05, 4.69) is 50.2 Å². The van der Waals surface area contributed by atoms with Gasteiger partial charge in [-0.25, -0.2) is 9.97 Å². The SMILES string of the molecule is COCCCNc1nc(C(C)(C)C)ncc1C(=O)N(CC(C)C)[C@@H]1CNC[C@H](C(=O)N2CCC(OC)CC2)C1.Cl.Cl. The van der Waals surface area contributed by atoms with Gasteiger partial charge in [0.15, 0.2) is 0 Å². The van der Waals surface area contributed by atoms with Crippen molar-refractivity contribution < 1.29 is 19.1 Å². The lowest BCUT2D eigenvalue weighted by atomic mass is 9.91. The Balaban J connectivity index is 0.00000420. The molecule has 0 radical (unpaired) electrons. The highest BCUT2D eigenvalue weighted by atomic mass is 35.5. The van der Waals surface area contributed by atoms with Gasteiger partial charge in [-0.05, 0) is 31.6 Å². The van der Waals surface area contributed by atoms with Crippen LogP contribution in [-0.4, -0.2) is 104 Å². The number of piperidine rings is 2. The van der Waals surface area contributed by atoms with Crippen molar-refractivity contribution in [2.75, 3.05) is 65.4 Å². The zero-order chi connectivity index (χ0) is 28.6. The van der Waals surface area contributed by atoms with Crippen LogP contribution in [0, 0.1) is 11.8 Å². The number of amides is 2. The molecule has 2 aliphatic rings. The Bertz CT molecular complexity index is 954. The van der Waals surface area contributed by atoms with Gasteiger partial charge in [0.25, 0.3) is 5.91 Å². The number of likely N-dealkylation sites (tertiary alicyclic amines) is 1. The Hall–Kier alpha value is -1.72. The minimum absolute atomic E-state index is 0. The van der Waals surface area contributed by atoms with Gasteiger partial charge in [-0.3, -0.25) is 9.59 Å². The van der Waals surface area contributed by atoms with E-state index >= 15 is 0 Å². The van der Waals surface area contributed by atoms with Gasteiger partial charge < -0.3 is 29.9 Å². The van der Waals surface area contributed by atoms with Crippen LogP contribution in [-0.2, 0) is 19.7 Å². The molecule has 0 aliphatic carbocycles. The summed E-state index contributed by atoms with van der Waals surface area (Å²) in [6.45, 7) is 15.0. The van der Waals surface area contributed by atoms with Crippen molar-refractivity contribution in [2.24, 2.45) is 11.8 Å². The first kappa shape index (κ1) is 37.3. The van der Waals surface area contributed by atoms with E-state index in [0.717, 1.165) is 32.4 Å². The molecule has 0 aromatic carbocycles. The van der Waals surface area contributed by atoms with Crippen molar-refractivity contribution in [3.8, 4) is 0 Å². The summed E-state index contributed by atoms with van der Waals surface area (Å²) in [7, 11) is 3.42. The van der Waals surface area contributed by atoms with Crippen molar-refractivity contribution in [3.63, 3.8) is 0 Å². The second kappa shape index (κ2) is 17.4. The Morgan fingerprint density at radius 2 is 1.85 bits per heavy atom. The summed E-state index contributed by atoms with van der Waals surface area (Å²) in [5.74, 6) is 1.44. The molecule has 3 rings (SSSR count). The van der Waals surface area contributed by atoms with Crippen LogP contribution in [0.2, 0.25) is 0 Å². The third kappa shape index (κ3) is 10.5. The van der Waals surface area contributed by atoms with Crippen LogP contribution in [0.15, 0.2) is 6.20 Å². The fraction of sp³-hybridized carbons (Fsp3) is 0.793. The molecule has 236 valence electrons. The molecule has 0 saturated carbocycles. The van der Waals surface area contributed by atoms with Crippen LogP contribution >= 0.6 is 24.8 Å². The number of hydrogen-bond acceptors (Lipinski definition) is 8. The molecule has 2 aliphatic heterocycles. The van der Waals surface area contributed by atoms with Gasteiger partial charge in [0.1, 0.15) is 17.2 Å². The first-order valence-electron chi connectivity index (χ1n) is 14.5. The van der Waals surface area contributed by atoms with Crippen molar-refractivity contribution in [3.05, 3.63) is 17.6 Å².